The number of hydrogen-bond acceptors (Lipinski definition) is 3. The lowest BCUT2D eigenvalue weighted by atomic mass is 10.2. The van der Waals surface area contributed by atoms with Gasteiger partial charge in [-0.3, -0.25) is 4.79 Å². The van der Waals surface area contributed by atoms with E-state index in [9.17, 15) is 4.79 Å². The van der Waals surface area contributed by atoms with Crippen LogP contribution in [0.1, 0.15) is 18.7 Å². The highest BCUT2D eigenvalue weighted by molar-refractivity contribution is 6.35. The van der Waals surface area contributed by atoms with Crippen LogP contribution >= 0.6 is 23.2 Å². The molecule has 1 aromatic heterocycles. The molecule has 124 valence electrons. The van der Waals surface area contributed by atoms with Crippen LogP contribution in [0, 0.1) is 0 Å². The van der Waals surface area contributed by atoms with Crippen molar-refractivity contribution in [3.05, 3.63) is 64.3 Å². The molecule has 3 rings (SSSR count). The molecule has 0 saturated heterocycles. The number of fused-ring (bicyclic) bond motifs is 1. The third-order valence-electron chi connectivity index (χ3n) is 3.50. The quantitative estimate of drug-likeness (QED) is 0.694. The Morgan fingerprint density at radius 3 is 2.75 bits per heavy atom. The van der Waals surface area contributed by atoms with Crippen LogP contribution in [0.4, 0.5) is 0 Å². The molecular formula is C18H15Cl2NO3. The van der Waals surface area contributed by atoms with Crippen molar-refractivity contribution in [2.45, 2.75) is 13.0 Å². The topological polar surface area (TPSA) is 51.5 Å². The van der Waals surface area contributed by atoms with Crippen molar-refractivity contribution in [1.29, 1.82) is 0 Å². The number of furan rings is 1. The molecule has 24 heavy (non-hydrogen) atoms. The molecule has 0 bridgehead atoms. The summed E-state index contributed by atoms with van der Waals surface area (Å²) in [5.74, 6) is 0.829. The van der Waals surface area contributed by atoms with E-state index >= 15 is 0 Å². The molecule has 1 amide bonds. The number of amides is 1. The zero-order valence-corrected chi connectivity index (χ0v) is 14.4. The zero-order valence-electron chi connectivity index (χ0n) is 12.9. The summed E-state index contributed by atoms with van der Waals surface area (Å²) < 4.78 is 11.2. The average molecular weight is 364 g/mol. The maximum Gasteiger partial charge on any atom is 0.258 e. The number of rotatable bonds is 5. The van der Waals surface area contributed by atoms with E-state index in [1.54, 1.807) is 18.2 Å². The van der Waals surface area contributed by atoms with Crippen molar-refractivity contribution in [2.24, 2.45) is 0 Å². The second kappa shape index (κ2) is 7.16. The van der Waals surface area contributed by atoms with Gasteiger partial charge in [0.25, 0.3) is 5.91 Å². The highest BCUT2D eigenvalue weighted by Crippen LogP contribution is 2.27. The van der Waals surface area contributed by atoms with Gasteiger partial charge in [0.2, 0.25) is 0 Å². The highest BCUT2D eigenvalue weighted by atomic mass is 35.5. The number of benzene rings is 2. The minimum Gasteiger partial charge on any atom is -0.482 e. The van der Waals surface area contributed by atoms with E-state index < -0.39 is 0 Å². The molecule has 1 atom stereocenters. The number of carbonyl (C=O) groups is 1. The van der Waals surface area contributed by atoms with Crippen molar-refractivity contribution < 1.29 is 13.9 Å². The molecule has 0 aliphatic rings. The molecule has 3 aromatic rings. The summed E-state index contributed by atoms with van der Waals surface area (Å²) in [6, 6.07) is 14.2. The Kier molecular flexibility index (Phi) is 4.97. The van der Waals surface area contributed by atoms with E-state index in [1.807, 2.05) is 37.3 Å². The molecule has 0 aliphatic carbocycles. The van der Waals surface area contributed by atoms with Gasteiger partial charge in [0, 0.05) is 10.4 Å². The first-order valence-corrected chi connectivity index (χ1v) is 8.14. The highest BCUT2D eigenvalue weighted by Gasteiger charge is 2.15. The first-order valence-electron chi connectivity index (χ1n) is 7.38. The van der Waals surface area contributed by atoms with Gasteiger partial charge < -0.3 is 14.5 Å². The van der Waals surface area contributed by atoms with Gasteiger partial charge in [-0.2, -0.15) is 0 Å². The first kappa shape index (κ1) is 16.7. The summed E-state index contributed by atoms with van der Waals surface area (Å²) in [5, 5.41) is 4.70. The SMILES string of the molecule is C[C@@H](NC(=O)COc1ccc(Cl)cc1Cl)c1cc2ccccc2o1. The van der Waals surface area contributed by atoms with Crippen molar-refractivity contribution in [3.8, 4) is 5.75 Å². The number of halogens is 2. The number of carbonyl (C=O) groups excluding carboxylic acids is 1. The normalized spacial score (nSPS) is 12.1. The van der Waals surface area contributed by atoms with Crippen LogP contribution in [-0.2, 0) is 4.79 Å². The predicted molar refractivity (Wildman–Crippen MR) is 94.7 cm³/mol. The summed E-state index contributed by atoms with van der Waals surface area (Å²) in [6.45, 7) is 1.71. The minimum atomic E-state index is -0.269. The molecule has 6 heteroatoms. The Morgan fingerprint density at radius 2 is 2.00 bits per heavy atom. The zero-order chi connectivity index (χ0) is 17.1. The van der Waals surface area contributed by atoms with Gasteiger partial charge in [-0.15, -0.1) is 0 Å². The van der Waals surface area contributed by atoms with Gasteiger partial charge in [0.15, 0.2) is 6.61 Å². The third kappa shape index (κ3) is 3.83. The fourth-order valence-corrected chi connectivity index (χ4v) is 2.77. The lowest BCUT2D eigenvalue weighted by molar-refractivity contribution is -0.123. The second-order valence-electron chi connectivity index (χ2n) is 5.34. The Hall–Kier alpha value is -2.17. The van der Waals surface area contributed by atoms with Crippen LogP contribution in [0.2, 0.25) is 10.0 Å². The summed E-state index contributed by atoms with van der Waals surface area (Å²) in [5.41, 5.74) is 0.790. The van der Waals surface area contributed by atoms with Gasteiger partial charge in [0.1, 0.15) is 17.1 Å². The maximum atomic E-state index is 12.0. The van der Waals surface area contributed by atoms with Crippen LogP contribution in [0.25, 0.3) is 11.0 Å². The molecule has 0 fully saturated rings. The van der Waals surface area contributed by atoms with E-state index in [2.05, 4.69) is 5.32 Å². The Labute approximate surface area is 149 Å². The van der Waals surface area contributed by atoms with Crippen molar-refractivity contribution in [3.63, 3.8) is 0 Å². The van der Waals surface area contributed by atoms with Gasteiger partial charge in [-0.25, -0.2) is 0 Å². The maximum absolute atomic E-state index is 12.0. The van der Waals surface area contributed by atoms with Gasteiger partial charge in [-0.05, 0) is 37.3 Å². The Morgan fingerprint density at radius 1 is 1.21 bits per heavy atom. The Balaban J connectivity index is 1.59. The average Bonchev–Trinajstić information content (AvgIpc) is 2.98. The van der Waals surface area contributed by atoms with Gasteiger partial charge in [-0.1, -0.05) is 41.4 Å². The molecule has 2 aromatic carbocycles. The standard InChI is InChI=1S/C18H15Cl2NO3/c1-11(17-8-12-4-2-3-5-15(12)24-17)21-18(22)10-23-16-7-6-13(19)9-14(16)20/h2-9,11H,10H2,1H3,(H,21,22)/t11-/m1/s1. The summed E-state index contributed by atoms with van der Waals surface area (Å²) in [7, 11) is 0. The van der Waals surface area contributed by atoms with Crippen LogP contribution in [0.15, 0.2) is 52.9 Å². The van der Waals surface area contributed by atoms with E-state index in [-0.39, 0.29) is 18.6 Å². The lowest BCUT2D eigenvalue weighted by Crippen LogP contribution is -2.31. The molecule has 0 unspecified atom stereocenters. The van der Waals surface area contributed by atoms with E-state index in [1.165, 1.54) is 0 Å². The molecule has 0 radical (unpaired) electrons. The number of ether oxygens (including phenoxy) is 1. The molecule has 0 aliphatic heterocycles. The van der Waals surface area contributed by atoms with Gasteiger partial charge in [0.05, 0.1) is 11.1 Å². The van der Waals surface area contributed by atoms with Crippen LogP contribution < -0.4 is 10.1 Å². The van der Waals surface area contributed by atoms with Crippen molar-refractivity contribution in [1.82, 2.24) is 5.32 Å². The van der Waals surface area contributed by atoms with Crippen molar-refractivity contribution >= 4 is 40.1 Å². The van der Waals surface area contributed by atoms with Gasteiger partial charge >= 0.3 is 0 Å². The van der Waals surface area contributed by atoms with E-state index in [0.29, 0.717) is 21.6 Å². The first-order chi connectivity index (χ1) is 11.5. The third-order valence-corrected chi connectivity index (χ3v) is 4.03. The summed E-state index contributed by atoms with van der Waals surface area (Å²) >= 11 is 11.8. The molecular weight excluding hydrogens is 349 g/mol. The summed E-state index contributed by atoms with van der Waals surface area (Å²) in [6.07, 6.45) is 0. The number of nitrogens with one attached hydrogen (secondary N) is 1. The molecule has 4 nitrogen and oxygen atoms in total. The Bertz CT molecular complexity index is 843. The molecule has 1 heterocycles. The van der Waals surface area contributed by atoms with E-state index in [0.717, 1.165) is 11.0 Å². The predicted octanol–water partition coefficient (Wildman–Crippen LogP) is 5.00. The van der Waals surface area contributed by atoms with Crippen molar-refractivity contribution in [2.75, 3.05) is 6.61 Å². The van der Waals surface area contributed by atoms with E-state index in [4.69, 9.17) is 32.4 Å². The largest absolute Gasteiger partial charge is 0.482 e. The number of para-hydroxylation sites is 1. The fraction of sp³-hybridized carbons (Fsp3) is 0.167. The molecule has 1 N–H and O–H groups in total. The number of hydrogen-bond donors (Lipinski definition) is 1. The minimum absolute atomic E-state index is 0.147. The molecule has 0 spiro atoms. The van der Waals surface area contributed by atoms with Crippen LogP contribution in [0.5, 0.6) is 5.75 Å². The summed E-state index contributed by atoms with van der Waals surface area (Å²) in [4.78, 5) is 12.0. The van der Waals surface area contributed by atoms with Crippen LogP contribution in [-0.4, -0.2) is 12.5 Å². The smallest absolute Gasteiger partial charge is 0.258 e. The van der Waals surface area contributed by atoms with Crippen LogP contribution in [0.3, 0.4) is 0 Å². The molecule has 0 saturated carbocycles. The monoisotopic (exact) mass is 363 g/mol. The lowest BCUT2D eigenvalue weighted by Gasteiger charge is -2.12. The fourth-order valence-electron chi connectivity index (χ4n) is 2.31. The second-order valence-corrected chi connectivity index (χ2v) is 6.18.